The van der Waals surface area contributed by atoms with Gasteiger partial charge in [-0.3, -0.25) is 19.3 Å². The van der Waals surface area contributed by atoms with Crippen LogP contribution in [0.15, 0.2) is 0 Å². The van der Waals surface area contributed by atoms with Crippen molar-refractivity contribution in [2.75, 3.05) is 6.54 Å². The van der Waals surface area contributed by atoms with Crippen molar-refractivity contribution in [2.24, 2.45) is 0 Å². The molecule has 1 heterocycles. The fourth-order valence-electron chi connectivity index (χ4n) is 2.62. The molecule has 7 nitrogen and oxygen atoms in total. The van der Waals surface area contributed by atoms with E-state index < -0.39 is 24.0 Å². The van der Waals surface area contributed by atoms with Crippen LogP contribution in [0, 0.1) is 0 Å². The molecule has 126 valence electrons. The summed E-state index contributed by atoms with van der Waals surface area (Å²) in [5, 5.41) is 13.8. The third kappa shape index (κ3) is 4.69. The molecular formula is C15H27N3O4. The van der Waals surface area contributed by atoms with Crippen molar-refractivity contribution < 1.29 is 19.5 Å². The Hall–Kier alpha value is -1.63. The van der Waals surface area contributed by atoms with Gasteiger partial charge in [0.15, 0.2) is 0 Å². The fourth-order valence-corrected chi connectivity index (χ4v) is 2.62. The average molecular weight is 313 g/mol. The van der Waals surface area contributed by atoms with Crippen LogP contribution >= 0.6 is 0 Å². The number of likely N-dealkylation sites (tertiary alicyclic amines) is 1. The van der Waals surface area contributed by atoms with E-state index in [-0.39, 0.29) is 17.5 Å². The first kappa shape index (κ1) is 18.4. The molecule has 22 heavy (non-hydrogen) atoms. The van der Waals surface area contributed by atoms with Crippen LogP contribution in [0.25, 0.3) is 0 Å². The van der Waals surface area contributed by atoms with Gasteiger partial charge >= 0.3 is 5.97 Å². The monoisotopic (exact) mass is 313 g/mol. The zero-order valence-electron chi connectivity index (χ0n) is 14.0. The molecule has 0 unspecified atom stereocenters. The smallest absolute Gasteiger partial charge is 0.325 e. The van der Waals surface area contributed by atoms with Gasteiger partial charge in [-0.05, 0) is 54.0 Å². The standard InChI is InChI=1S/C15H27N3O4/c1-9(12(19)17-10(2)14(21)22)16-13(20)11-7-6-8-18(11)15(3,4)5/h9-11H,6-8H2,1-5H3,(H,16,20)(H,17,19)(H,21,22)/t9-,10+,11-/m0/s1. The minimum absolute atomic E-state index is 0.109. The van der Waals surface area contributed by atoms with Crippen LogP contribution in [-0.2, 0) is 14.4 Å². The molecule has 1 fully saturated rings. The quantitative estimate of drug-likeness (QED) is 0.680. The lowest BCUT2D eigenvalue weighted by Gasteiger charge is -2.36. The van der Waals surface area contributed by atoms with Crippen LogP contribution in [0.2, 0.25) is 0 Å². The summed E-state index contributed by atoms with van der Waals surface area (Å²) in [4.78, 5) is 37.1. The molecule has 0 aromatic rings. The summed E-state index contributed by atoms with van der Waals surface area (Å²) in [6.45, 7) is 9.97. The van der Waals surface area contributed by atoms with Gasteiger partial charge in [0.25, 0.3) is 0 Å². The first-order chi connectivity index (χ1) is 10.0. The predicted molar refractivity (Wildman–Crippen MR) is 82.3 cm³/mol. The molecule has 1 aliphatic heterocycles. The lowest BCUT2D eigenvalue weighted by molar-refractivity contribution is -0.141. The largest absolute Gasteiger partial charge is 0.480 e. The SMILES string of the molecule is C[C@H](NC(=O)[C@@H]1CCCN1C(C)(C)C)C(=O)N[C@H](C)C(=O)O. The van der Waals surface area contributed by atoms with Crippen molar-refractivity contribution in [3.8, 4) is 0 Å². The second kappa shape index (κ2) is 7.09. The molecule has 0 aromatic carbocycles. The molecule has 3 atom stereocenters. The topological polar surface area (TPSA) is 98.7 Å². The third-order valence-electron chi connectivity index (χ3n) is 3.90. The zero-order chi connectivity index (χ0) is 17.1. The number of carbonyl (C=O) groups excluding carboxylic acids is 2. The van der Waals surface area contributed by atoms with Crippen molar-refractivity contribution in [1.29, 1.82) is 0 Å². The highest BCUT2D eigenvalue weighted by molar-refractivity contribution is 5.91. The molecular weight excluding hydrogens is 286 g/mol. The van der Waals surface area contributed by atoms with Crippen LogP contribution in [0.5, 0.6) is 0 Å². The molecule has 0 spiro atoms. The highest BCUT2D eigenvalue weighted by Crippen LogP contribution is 2.26. The zero-order valence-corrected chi connectivity index (χ0v) is 14.0. The normalized spacial score (nSPS) is 22.0. The van der Waals surface area contributed by atoms with Crippen molar-refractivity contribution in [3.63, 3.8) is 0 Å². The van der Waals surface area contributed by atoms with Crippen LogP contribution in [-0.4, -0.2) is 58.0 Å². The van der Waals surface area contributed by atoms with Gasteiger partial charge in [0, 0.05) is 5.54 Å². The highest BCUT2D eigenvalue weighted by Gasteiger charge is 2.37. The molecule has 0 aliphatic carbocycles. The lowest BCUT2D eigenvalue weighted by Crippen LogP contribution is -2.55. The van der Waals surface area contributed by atoms with E-state index in [4.69, 9.17) is 5.11 Å². The van der Waals surface area contributed by atoms with E-state index in [1.54, 1.807) is 6.92 Å². The molecule has 1 aliphatic rings. The fraction of sp³-hybridized carbons (Fsp3) is 0.800. The van der Waals surface area contributed by atoms with Gasteiger partial charge in [0.05, 0.1) is 6.04 Å². The highest BCUT2D eigenvalue weighted by atomic mass is 16.4. The molecule has 0 bridgehead atoms. The molecule has 0 saturated carbocycles. The van der Waals surface area contributed by atoms with Gasteiger partial charge in [0.2, 0.25) is 11.8 Å². The summed E-state index contributed by atoms with van der Waals surface area (Å²) < 4.78 is 0. The molecule has 1 saturated heterocycles. The molecule has 3 N–H and O–H groups in total. The number of carboxylic acids is 1. The van der Waals surface area contributed by atoms with Gasteiger partial charge in [0.1, 0.15) is 12.1 Å². The minimum atomic E-state index is -1.11. The van der Waals surface area contributed by atoms with E-state index in [9.17, 15) is 14.4 Å². The maximum Gasteiger partial charge on any atom is 0.325 e. The number of nitrogens with zero attached hydrogens (tertiary/aromatic N) is 1. The number of aliphatic carboxylic acids is 1. The second-order valence-corrected chi connectivity index (χ2v) is 6.82. The Bertz CT molecular complexity index is 445. The number of carboxylic acid groups (broad SMARTS) is 1. The van der Waals surface area contributed by atoms with E-state index in [2.05, 4.69) is 36.3 Å². The molecule has 1 rings (SSSR count). The van der Waals surface area contributed by atoms with E-state index in [1.165, 1.54) is 6.92 Å². The maximum atomic E-state index is 12.4. The van der Waals surface area contributed by atoms with E-state index in [0.717, 1.165) is 19.4 Å². The Balaban J connectivity index is 2.60. The van der Waals surface area contributed by atoms with Crippen molar-refractivity contribution in [2.45, 2.75) is 71.1 Å². The first-order valence-corrected chi connectivity index (χ1v) is 7.64. The number of nitrogens with one attached hydrogen (secondary N) is 2. The van der Waals surface area contributed by atoms with Crippen molar-refractivity contribution in [3.05, 3.63) is 0 Å². The third-order valence-corrected chi connectivity index (χ3v) is 3.90. The number of amides is 2. The van der Waals surface area contributed by atoms with Gasteiger partial charge in [-0.2, -0.15) is 0 Å². The predicted octanol–water partition coefficient (Wildman–Crippen LogP) is 0.343. The van der Waals surface area contributed by atoms with Gasteiger partial charge in [-0.15, -0.1) is 0 Å². The van der Waals surface area contributed by atoms with Gasteiger partial charge in [-0.1, -0.05) is 0 Å². The average Bonchev–Trinajstić information content (AvgIpc) is 2.87. The number of hydrogen-bond donors (Lipinski definition) is 3. The number of carbonyl (C=O) groups is 3. The molecule has 2 amide bonds. The number of rotatable bonds is 5. The summed E-state index contributed by atoms with van der Waals surface area (Å²) in [6.07, 6.45) is 1.72. The van der Waals surface area contributed by atoms with Gasteiger partial charge < -0.3 is 15.7 Å². The van der Waals surface area contributed by atoms with Crippen LogP contribution in [0.1, 0.15) is 47.5 Å². The van der Waals surface area contributed by atoms with Crippen LogP contribution < -0.4 is 10.6 Å². The summed E-state index contributed by atoms with van der Waals surface area (Å²) in [5.74, 6) is -1.79. The second-order valence-electron chi connectivity index (χ2n) is 6.82. The summed E-state index contributed by atoms with van der Waals surface area (Å²) in [7, 11) is 0. The Morgan fingerprint density at radius 1 is 1.14 bits per heavy atom. The maximum absolute atomic E-state index is 12.4. The lowest BCUT2D eigenvalue weighted by atomic mass is 10.0. The summed E-state index contributed by atoms with van der Waals surface area (Å²) in [5.41, 5.74) is -0.109. The summed E-state index contributed by atoms with van der Waals surface area (Å²) in [6, 6.07) is -1.99. The molecule has 7 heteroatoms. The van der Waals surface area contributed by atoms with Crippen molar-refractivity contribution in [1.82, 2.24) is 15.5 Å². The molecule has 0 radical (unpaired) electrons. The summed E-state index contributed by atoms with van der Waals surface area (Å²) >= 11 is 0. The Morgan fingerprint density at radius 3 is 2.23 bits per heavy atom. The van der Waals surface area contributed by atoms with E-state index >= 15 is 0 Å². The first-order valence-electron chi connectivity index (χ1n) is 7.64. The van der Waals surface area contributed by atoms with Crippen LogP contribution in [0.3, 0.4) is 0 Å². The minimum Gasteiger partial charge on any atom is -0.480 e. The van der Waals surface area contributed by atoms with E-state index in [1.807, 2.05) is 0 Å². The Kier molecular flexibility index (Phi) is 5.93. The van der Waals surface area contributed by atoms with Gasteiger partial charge in [-0.25, -0.2) is 0 Å². The Morgan fingerprint density at radius 2 is 1.73 bits per heavy atom. The van der Waals surface area contributed by atoms with Crippen molar-refractivity contribution >= 4 is 17.8 Å². The molecule has 0 aromatic heterocycles. The number of hydrogen-bond acceptors (Lipinski definition) is 4. The Labute approximate surface area is 131 Å². The van der Waals surface area contributed by atoms with E-state index in [0.29, 0.717) is 0 Å². The van der Waals surface area contributed by atoms with Crippen LogP contribution in [0.4, 0.5) is 0 Å².